The molecule has 6 nitrogen and oxygen atoms in total. The lowest BCUT2D eigenvalue weighted by Crippen LogP contribution is -2.78. The molecular formula is C37H43F3N2O4. The molecule has 0 unspecified atom stereocenters. The van der Waals surface area contributed by atoms with E-state index in [1.807, 2.05) is 11.0 Å². The maximum Gasteiger partial charge on any atom is 0.416 e. The second-order valence-corrected chi connectivity index (χ2v) is 14.8. The third-order valence-corrected chi connectivity index (χ3v) is 12.2. The zero-order chi connectivity index (χ0) is 31.8. The number of carbonyl (C=O) groups excluding carboxylic acids is 1. The summed E-state index contributed by atoms with van der Waals surface area (Å²) in [6, 6.07) is 8.30. The van der Waals surface area contributed by atoms with Crippen LogP contribution < -0.4 is 4.74 Å². The van der Waals surface area contributed by atoms with E-state index in [2.05, 4.69) is 4.90 Å². The van der Waals surface area contributed by atoms with Crippen molar-refractivity contribution in [2.24, 2.45) is 11.8 Å². The molecule has 246 valence electrons. The summed E-state index contributed by atoms with van der Waals surface area (Å²) >= 11 is 0. The number of ether oxygens (including phenoxy) is 1. The molecule has 5 atom stereocenters. The van der Waals surface area contributed by atoms with Crippen LogP contribution in [0.15, 0.2) is 42.5 Å². The minimum absolute atomic E-state index is 0.0554. The van der Waals surface area contributed by atoms with Crippen LogP contribution in [0, 0.1) is 11.8 Å². The Bertz CT molecular complexity index is 1550. The topological polar surface area (TPSA) is 73.2 Å². The molecule has 3 saturated carbocycles. The Balaban J connectivity index is 1.16. The number of hydrogen-bond acceptors (Lipinski definition) is 5. The Morgan fingerprint density at radius 2 is 1.85 bits per heavy atom. The molecule has 4 fully saturated rings. The van der Waals surface area contributed by atoms with Gasteiger partial charge in [0, 0.05) is 30.8 Å². The van der Waals surface area contributed by atoms with Crippen LogP contribution in [0.25, 0.3) is 6.08 Å². The summed E-state index contributed by atoms with van der Waals surface area (Å²) < 4.78 is 47.0. The summed E-state index contributed by atoms with van der Waals surface area (Å²) in [5.74, 6) is 1.28. The van der Waals surface area contributed by atoms with Gasteiger partial charge in [-0.25, -0.2) is 0 Å². The molecular weight excluding hydrogens is 593 g/mol. The molecule has 2 aromatic carbocycles. The highest BCUT2D eigenvalue weighted by Gasteiger charge is 2.73. The average molecular weight is 637 g/mol. The van der Waals surface area contributed by atoms with E-state index in [-0.39, 0.29) is 23.7 Å². The molecule has 1 spiro atoms. The van der Waals surface area contributed by atoms with Gasteiger partial charge in [0.2, 0.25) is 5.91 Å². The molecule has 8 rings (SSSR count). The van der Waals surface area contributed by atoms with Crippen LogP contribution in [0.1, 0.15) is 86.5 Å². The molecule has 4 aliphatic carbocycles. The molecule has 0 radical (unpaired) electrons. The van der Waals surface area contributed by atoms with Crippen molar-refractivity contribution in [3.05, 3.63) is 64.7 Å². The summed E-state index contributed by atoms with van der Waals surface area (Å²) in [6.45, 7) is 2.36. The molecule has 1 amide bonds. The predicted molar refractivity (Wildman–Crippen MR) is 167 cm³/mol. The molecule has 2 aliphatic heterocycles. The maximum absolute atomic E-state index is 14.2. The van der Waals surface area contributed by atoms with Crippen LogP contribution >= 0.6 is 0 Å². The molecule has 1 saturated heterocycles. The number of aromatic hydroxyl groups is 1. The van der Waals surface area contributed by atoms with Crippen LogP contribution in [0.3, 0.4) is 0 Å². The Morgan fingerprint density at radius 1 is 1.04 bits per heavy atom. The third kappa shape index (κ3) is 4.78. The van der Waals surface area contributed by atoms with Crippen molar-refractivity contribution >= 4 is 12.0 Å². The normalized spacial score (nSPS) is 32.3. The van der Waals surface area contributed by atoms with Crippen LogP contribution in [0.2, 0.25) is 0 Å². The fraction of sp³-hybridized carbons (Fsp3) is 0.595. The fourth-order valence-corrected chi connectivity index (χ4v) is 9.89. The SMILES string of the molecule is O=C(/C=C/c1cccc(C(F)(F)F)c1)N(CC1CCCCC1)[C@@H]1CC[C@@]2(O)[C@H]3Cc4ccc(O)c5c4[C@@]2(CCN3CC2CC2)[C@H]1O5. The first-order valence-corrected chi connectivity index (χ1v) is 17.2. The quantitative estimate of drug-likeness (QED) is 0.341. The van der Waals surface area contributed by atoms with E-state index in [1.54, 1.807) is 12.1 Å². The standard InChI is InChI=1S/C37H43F3N2O4/c38-37(39,40)27-8-4-7-23(19-27)11-14-31(44)42(22-24-5-2-1-3-6-24)28-15-16-36(45)30-20-26-12-13-29(43)33-32(26)35(36,34(28)46-33)17-18-41(30)21-25-9-10-25/h4,7-8,11-14,19,24-25,28,30,34,43,45H,1-3,5-6,9-10,15-18,20-22H2/b14-11+/t28-,30-,34+,35+,36-/m1/s1. The van der Waals surface area contributed by atoms with Crippen molar-refractivity contribution in [1.29, 1.82) is 0 Å². The number of likely N-dealkylation sites (tertiary alicyclic amines) is 1. The molecule has 46 heavy (non-hydrogen) atoms. The van der Waals surface area contributed by atoms with Gasteiger partial charge in [-0.3, -0.25) is 9.69 Å². The van der Waals surface area contributed by atoms with E-state index >= 15 is 0 Å². The largest absolute Gasteiger partial charge is 0.504 e. The van der Waals surface area contributed by atoms with Gasteiger partial charge in [-0.2, -0.15) is 13.2 Å². The Kier molecular flexibility index (Phi) is 7.25. The number of carbonyl (C=O) groups is 1. The van der Waals surface area contributed by atoms with Crippen LogP contribution in [-0.4, -0.2) is 69.3 Å². The lowest BCUT2D eigenvalue weighted by molar-refractivity contribution is -0.201. The smallest absolute Gasteiger partial charge is 0.416 e. The molecule has 0 aromatic heterocycles. The second-order valence-electron chi connectivity index (χ2n) is 14.8. The molecule has 9 heteroatoms. The Morgan fingerprint density at radius 3 is 2.61 bits per heavy atom. The van der Waals surface area contributed by atoms with E-state index in [4.69, 9.17) is 4.74 Å². The van der Waals surface area contributed by atoms with E-state index in [1.165, 1.54) is 37.5 Å². The Labute approximate surface area is 268 Å². The molecule has 2 bridgehead atoms. The van der Waals surface area contributed by atoms with E-state index < -0.39 is 28.9 Å². The van der Waals surface area contributed by atoms with E-state index in [0.29, 0.717) is 55.4 Å². The number of alkyl halides is 3. The van der Waals surface area contributed by atoms with Gasteiger partial charge >= 0.3 is 6.18 Å². The van der Waals surface area contributed by atoms with Gasteiger partial charge in [0.25, 0.3) is 0 Å². The summed E-state index contributed by atoms with van der Waals surface area (Å²) in [7, 11) is 0. The molecule has 6 aliphatic rings. The third-order valence-electron chi connectivity index (χ3n) is 12.2. The van der Waals surface area contributed by atoms with Gasteiger partial charge in [0.05, 0.1) is 22.6 Å². The Hall–Kier alpha value is -3.04. The van der Waals surface area contributed by atoms with Crippen LogP contribution in [0.5, 0.6) is 11.5 Å². The predicted octanol–water partition coefficient (Wildman–Crippen LogP) is 6.47. The minimum atomic E-state index is -4.47. The van der Waals surface area contributed by atoms with Crippen molar-refractivity contribution in [1.82, 2.24) is 9.80 Å². The van der Waals surface area contributed by atoms with Crippen molar-refractivity contribution in [3.63, 3.8) is 0 Å². The average Bonchev–Trinajstić information content (AvgIpc) is 3.79. The summed E-state index contributed by atoms with van der Waals surface area (Å²) in [6.07, 6.45) is 8.28. The highest BCUT2D eigenvalue weighted by Crippen LogP contribution is 2.66. The molecule has 2 heterocycles. The van der Waals surface area contributed by atoms with E-state index in [0.717, 1.165) is 62.0 Å². The van der Waals surface area contributed by atoms with Gasteiger partial charge in [-0.05, 0) is 105 Å². The number of phenolic OH excluding ortho intramolecular Hbond substituents is 1. The fourth-order valence-electron chi connectivity index (χ4n) is 9.89. The van der Waals surface area contributed by atoms with Gasteiger partial charge < -0.3 is 19.8 Å². The maximum atomic E-state index is 14.2. The summed E-state index contributed by atoms with van der Waals surface area (Å²) in [4.78, 5) is 18.6. The number of benzene rings is 2. The lowest BCUT2D eigenvalue weighted by Gasteiger charge is -2.65. The minimum Gasteiger partial charge on any atom is -0.504 e. The first kappa shape index (κ1) is 30.3. The number of nitrogens with zero attached hydrogens (tertiary/aromatic N) is 2. The monoisotopic (exact) mass is 636 g/mol. The number of hydrogen-bond donors (Lipinski definition) is 2. The number of halogens is 3. The van der Waals surface area contributed by atoms with Crippen molar-refractivity contribution in [3.8, 4) is 11.5 Å². The van der Waals surface area contributed by atoms with Crippen molar-refractivity contribution in [2.75, 3.05) is 19.6 Å². The van der Waals surface area contributed by atoms with Crippen molar-refractivity contribution < 1.29 is 32.9 Å². The number of rotatable bonds is 7. The van der Waals surface area contributed by atoms with Crippen LogP contribution in [0.4, 0.5) is 13.2 Å². The van der Waals surface area contributed by atoms with E-state index in [9.17, 15) is 28.2 Å². The number of piperidine rings is 1. The van der Waals surface area contributed by atoms with Crippen LogP contribution in [-0.2, 0) is 22.8 Å². The second kappa shape index (κ2) is 11.0. The molecule has 2 aromatic rings. The highest BCUT2D eigenvalue weighted by atomic mass is 19.4. The summed E-state index contributed by atoms with van der Waals surface area (Å²) in [5, 5.41) is 24.0. The number of aliphatic hydroxyl groups is 1. The van der Waals surface area contributed by atoms with Gasteiger partial charge in [-0.15, -0.1) is 0 Å². The van der Waals surface area contributed by atoms with Crippen molar-refractivity contribution in [2.45, 2.75) is 106 Å². The molecule has 2 N–H and O–H groups in total. The lowest BCUT2D eigenvalue weighted by atomic mass is 9.48. The van der Waals surface area contributed by atoms with Gasteiger partial charge in [0.1, 0.15) is 6.10 Å². The van der Waals surface area contributed by atoms with Gasteiger partial charge in [-0.1, -0.05) is 37.5 Å². The first-order valence-electron chi connectivity index (χ1n) is 17.2. The first-order chi connectivity index (χ1) is 22.1. The number of amides is 1. The highest BCUT2D eigenvalue weighted by molar-refractivity contribution is 5.92. The zero-order valence-electron chi connectivity index (χ0n) is 26.1. The van der Waals surface area contributed by atoms with Gasteiger partial charge in [0.15, 0.2) is 11.5 Å². The number of phenols is 1. The zero-order valence-corrected chi connectivity index (χ0v) is 26.1. The summed E-state index contributed by atoms with van der Waals surface area (Å²) in [5.41, 5.74) is -0.203.